The van der Waals surface area contributed by atoms with Gasteiger partial charge in [0.2, 0.25) is 0 Å². The van der Waals surface area contributed by atoms with Gasteiger partial charge in [-0.2, -0.15) is 0 Å². The van der Waals surface area contributed by atoms with Crippen LogP contribution in [0.3, 0.4) is 0 Å². The Morgan fingerprint density at radius 1 is 1.53 bits per heavy atom. The largest absolute Gasteiger partial charge is 0.483 e. The Kier molecular flexibility index (Phi) is 4.82. The van der Waals surface area contributed by atoms with Crippen molar-refractivity contribution in [2.24, 2.45) is 5.92 Å². The van der Waals surface area contributed by atoms with Gasteiger partial charge in [-0.25, -0.2) is 0 Å². The van der Waals surface area contributed by atoms with Crippen LogP contribution in [0.2, 0.25) is 0 Å². The first-order chi connectivity index (χ1) is 9.08. The number of carbonyl (C=O) groups excluding carboxylic acids is 1. The van der Waals surface area contributed by atoms with Crippen LogP contribution in [0, 0.1) is 5.92 Å². The zero-order chi connectivity index (χ0) is 13.8. The smallest absolute Gasteiger partial charge is 0.260 e. The molecule has 19 heavy (non-hydrogen) atoms. The van der Waals surface area contributed by atoms with Gasteiger partial charge in [-0.15, -0.1) is 0 Å². The van der Waals surface area contributed by atoms with Gasteiger partial charge >= 0.3 is 0 Å². The Morgan fingerprint density at radius 3 is 2.84 bits per heavy atom. The highest BCUT2D eigenvalue weighted by Crippen LogP contribution is 2.32. The number of benzene rings is 1. The molecule has 1 aliphatic carbocycles. The quantitative estimate of drug-likeness (QED) is 0.870. The monoisotopic (exact) mass is 327 g/mol. The first kappa shape index (κ1) is 14.3. The van der Waals surface area contributed by atoms with Crippen LogP contribution >= 0.6 is 15.9 Å². The van der Waals surface area contributed by atoms with Gasteiger partial charge in [-0.3, -0.25) is 4.79 Å². The molecule has 4 nitrogen and oxygen atoms in total. The summed E-state index contributed by atoms with van der Waals surface area (Å²) in [6.45, 7) is 0.360. The van der Waals surface area contributed by atoms with E-state index in [0.29, 0.717) is 18.2 Å². The van der Waals surface area contributed by atoms with Crippen LogP contribution in [0.25, 0.3) is 0 Å². The average molecular weight is 328 g/mol. The number of hydrogen-bond acceptors (Lipinski definition) is 3. The summed E-state index contributed by atoms with van der Waals surface area (Å²) in [4.78, 5) is 13.4. The Balaban J connectivity index is 1.78. The van der Waals surface area contributed by atoms with Gasteiger partial charge in [-0.05, 0) is 46.8 Å². The number of hydrogen-bond donors (Lipinski definition) is 1. The number of ether oxygens (including phenoxy) is 1. The van der Waals surface area contributed by atoms with Crippen molar-refractivity contribution in [3.8, 4) is 5.75 Å². The first-order valence-electron chi connectivity index (χ1n) is 6.37. The number of amides is 1. The van der Waals surface area contributed by atoms with Crippen molar-refractivity contribution in [1.29, 1.82) is 0 Å². The second-order valence-electron chi connectivity index (χ2n) is 4.90. The Hall–Kier alpha value is -1.07. The fourth-order valence-electron chi connectivity index (χ4n) is 1.82. The van der Waals surface area contributed by atoms with Crippen LogP contribution in [0.1, 0.15) is 12.8 Å². The number of rotatable bonds is 6. The molecule has 1 atom stereocenters. The maximum Gasteiger partial charge on any atom is 0.260 e. The van der Waals surface area contributed by atoms with Gasteiger partial charge in [0.15, 0.2) is 6.61 Å². The fraction of sp³-hybridized carbons (Fsp3) is 0.500. The van der Waals surface area contributed by atoms with E-state index in [0.717, 1.165) is 17.3 Å². The Morgan fingerprint density at radius 2 is 2.21 bits per heavy atom. The lowest BCUT2D eigenvalue weighted by Gasteiger charge is -2.21. The molecule has 0 aliphatic heterocycles. The number of carbonyl (C=O) groups is 1. The maximum absolute atomic E-state index is 11.9. The predicted octanol–water partition coefficient (Wildman–Crippen LogP) is 2.06. The van der Waals surface area contributed by atoms with Crippen molar-refractivity contribution in [2.75, 3.05) is 20.2 Å². The van der Waals surface area contributed by atoms with E-state index in [9.17, 15) is 9.90 Å². The second kappa shape index (κ2) is 6.39. The number of halogens is 1. The summed E-state index contributed by atoms with van der Waals surface area (Å²) >= 11 is 3.36. The van der Waals surface area contributed by atoms with Gasteiger partial charge < -0.3 is 14.7 Å². The molecule has 2 rings (SSSR count). The van der Waals surface area contributed by atoms with Crippen molar-refractivity contribution in [1.82, 2.24) is 4.90 Å². The van der Waals surface area contributed by atoms with Gasteiger partial charge in [-0.1, -0.05) is 12.1 Å². The van der Waals surface area contributed by atoms with Crippen molar-refractivity contribution >= 4 is 21.8 Å². The number of para-hydroxylation sites is 1. The minimum absolute atomic E-state index is 0.0174. The van der Waals surface area contributed by atoms with Crippen LogP contribution in [0.4, 0.5) is 0 Å². The van der Waals surface area contributed by atoms with E-state index in [1.165, 1.54) is 4.90 Å². The van der Waals surface area contributed by atoms with E-state index in [-0.39, 0.29) is 12.5 Å². The number of aliphatic hydroxyl groups excluding tert-OH is 1. The molecule has 1 saturated carbocycles. The second-order valence-corrected chi connectivity index (χ2v) is 5.75. The molecule has 0 bridgehead atoms. The third-order valence-electron chi connectivity index (χ3n) is 3.24. The molecule has 5 heteroatoms. The fourth-order valence-corrected chi connectivity index (χ4v) is 2.22. The molecule has 0 heterocycles. The lowest BCUT2D eigenvalue weighted by Crippen LogP contribution is -2.38. The van der Waals surface area contributed by atoms with Gasteiger partial charge in [0.25, 0.3) is 5.91 Å². The van der Waals surface area contributed by atoms with Crippen molar-refractivity contribution < 1.29 is 14.6 Å². The minimum Gasteiger partial charge on any atom is -0.483 e. The molecule has 0 spiro atoms. The standard InChI is InChI=1S/C14H18BrNO3/c1-16(8-12(17)10-6-7-10)14(18)9-19-13-5-3-2-4-11(13)15/h2-5,10,12,17H,6-9H2,1H3. The van der Waals surface area contributed by atoms with Crippen molar-refractivity contribution in [3.63, 3.8) is 0 Å². The minimum atomic E-state index is -0.405. The van der Waals surface area contributed by atoms with Crippen molar-refractivity contribution in [3.05, 3.63) is 28.7 Å². The molecule has 1 aromatic carbocycles. The first-order valence-corrected chi connectivity index (χ1v) is 7.16. The lowest BCUT2D eigenvalue weighted by atomic mass is 10.2. The topological polar surface area (TPSA) is 49.8 Å². The van der Waals surface area contributed by atoms with Crippen molar-refractivity contribution in [2.45, 2.75) is 18.9 Å². The molecule has 1 amide bonds. The third kappa shape index (κ3) is 4.21. The van der Waals surface area contributed by atoms with Gasteiger partial charge in [0.05, 0.1) is 10.6 Å². The summed E-state index contributed by atoms with van der Waals surface area (Å²) in [6.07, 6.45) is 1.73. The molecular formula is C14H18BrNO3. The van der Waals surface area contributed by atoms with Gasteiger partial charge in [0, 0.05) is 13.6 Å². The highest BCUT2D eigenvalue weighted by Gasteiger charge is 2.31. The molecule has 0 saturated heterocycles. The summed E-state index contributed by atoms with van der Waals surface area (Å²) in [5, 5.41) is 9.80. The molecule has 1 aliphatic rings. The molecule has 1 aromatic rings. The molecule has 0 aromatic heterocycles. The Labute approximate surface area is 121 Å². The molecule has 1 unspecified atom stereocenters. The summed E-state index contributed by atoms with van der Waals surface area (Å²) < 4.78 is 6.28. The van der Waals surface area contributed by atoms with Crippen LogP contribution < -0.4 is 4.74 Å². The summed E-state index contributed by atoms with van der Waals surface area (Å²) in [5.74, 6) is 0.891. The van der Waals surface area contributed by atoms with E-state index in [1.807, 2.05) is 18.2 Å². The Bertz CT molecular complexity index is 448. The zero-order valence-electron chi connectivity index (χ0n) is 10.9. The lowest BCUT2D eigenvalue weighted by molar-refractivity contribution is -0.133. The highest BCUT2D eigenvalue weighted by molar-refractivity contribution is 9.10. The van der Waals surface area contributed by atoms with Crippen LogP contribution in [-0.2, 0) is 4.79 Å². The van der Waals surface area contributed by atoms with E-state index in [4.69, 9.17) is 4.74 Å². The third-order valence-corrected chi connectivity index (χ3v) is 3.90. The molecule has 104 valence electrons. The highest BCUT2D eigenvalue weighted by atomic mass is 79.9. The van der Waals surface area contributed by atoms with E-state index >= 15 is 0 Å². The summed E-state index contributed by atoms with van der Waals surface area (Å²) in [5.41, 5.74) is 0. The van der Waals surface area contributed by atoms with E-state index in [1.54, 1.807) is 13.1 Å². The van der Waals surface area contributed by atoms with Crippen LogP contribution in [0.15, 0.2) is 28.7 Å². The molecule has 1 N–H and O–H groups in total. The normalized spacial score (nSPS) is 15.9. The average Bonchev–Trinajstić information content (AvgIpc) is 3.21. The van der Waals surface area contributed by atoms with Crippen LogP contribution in [0.5, 0.6) is 5.75 Å². The van der Waals surface area contributed by atoms with E-state index < -0.39 is 6.10 Å². The molecule has 1 fully saturated rings. The maximum atomic E-state index is 11.9. The zero-order valence-corrected chi connectivity index (χ0v) is 12.5. The van der Waals surface area contributed by atoms with Crippen LogP contribution in [-0.4, -0.2) is 42.2 Å². The number of nitrogens with zero attached hydrogens (tertiary/aromatic N) is 1. The molecule has 0 radical (unpaired) electrons. The van der Waals surface area contributed by atoms with Gasteiger partial charge in [0.1, 0.15) is 5.75 Å². The predicted molar refractivity (Wildman–Crippen MR) is 76.0 cm³/mol. The summed E-state index contributed by atoms with van der Waals surface area (Å²) in [7, 11) is 1.69. The SMILES string of the molecule is CN(CC(O)C1CC1)C(=O)COc1ccccc1Br. The summed E-state index contributed by atoms with van der Waals surface area (Å²) in [6, 6.07) is 7.40. The number of aliphatic hydroxyl groups is 1. The number of likely N-dealkylation sites (N-methyl/N-ethyl adjacent to an activating group) is 1. The molecular weight excluding hydrogens is 310 g/mol. The van der Waals surface area contributed by atoms with E-state index in [2.05, 4.69) is 15.9 Å².